The van der Waals surface area contributed by atoms with Gasteiger partial charge in [0.1, 0.15) is 5.69 Å². The lowest BCUT2D eigenvalue weighted by Gasteiger charge is -2.23. The van der Waals surface area contributed by atoms with E-state index in [2.05, 4.69) is 4.98 Å². The molecule has 1 aliphatic rings. The molecule has 4 nitrogen and oxygen atoms in total. The monoisotopic (exact) mass is 288 g/mol. The first-order valence-corrected chi connectivity index (χ1v) is 6.50. The van der Waals surface area contributed by atoms with Crippen molar-refractivity contribution in [1.82, 2.24) is 9.88 Å². The fourth-order valence-corrected chi connectivity index (χ4v) is 2.40. The number of rotatable bonds is 3. The van der Waals surface area contributed by atoms with E-state index in [9.17, 15) is 4.79 Å². The van der Waals surface area contributed by atoms with Gasteiger partial charge < -0.3 is 9.64 Å². The molecule has 2 heterocycles. The number of hydrogen-bond acceptors (Lipinski definition) is 3. The lowest BCUT2D eigenvalue weighted by Crippen LogP contribution is -2.38. The Morgan fingerprint density at radius 1 is 1.56 bits per heavy atom. The molecule has 1 amide bonds. The van der Waals surface area contributed by atoms with Gasteiger partial charge in [-0.05, 0) is 18.9 Å². The Morgan fingerprint density at radius 3 is 3.00 bits per heavy atom. The average molecular weight is 289 g/mol. The smallest absolute Gasteiger partial charge is 0.272 e. The van der Waals surface area contributed by atoms with E-state index >= 15 is 0 Å². The topological polar surface area (TPSA) is 42.4 Å². The standard InChI is InChI=1S/C12H14Cl2N2O2/c1-18-7-8-3-2-4-16(8)12(17)11-5-9(13)10(14)6-15-11/h5-6,8H,2-4,7H2,1H3. The van der Waals surface area contributed by atoms with Gasteiger partial charge in [0.2, 0.25) is 0 Å². The summed E-state index contributed by atoms with van der Waals surface area (Å²) in [5, 5.41) is 0.695. The summed E-state index contributed by atoms with van der Waals surface area (Å²) in [6, 6.07) is 1.63. The molecule has 0 saturated carbocycles. The zero-order chi connectivity index (χ0) is 13.1. The van der Waals surface area contributed by atoms with Gasteiger partial charge in [-0.3, -0.25) is 4.79 Å². The molecular weight excluding hydrogens is 275 g/mol. The number of ether oxygens (including phenoxy) is 1. The van der Waals surface area contributed by atoms with E-state index in [-0.39, 0.29) is 11.9 Å². The molecule has 1 aliphatic heterocycles. The molecule has 1 unspecified atom stereocenters. The maximum Gasteiger partial charge on any atom is 0.272 e. The Morgan fingerprint density at radius 2 is 2.33 bits per heavy atom. The van der Waals surface area contributed by atoms with Gasteiger partial charge in [0, 0.05) is 19.9 Å². The summed E-state index contributed by atoms with van der Waals surface area (Å²) in [6.07, 6.45) is 3.35. The maximum atomic E-state index is 12.3. The summed E-state index contributed by atoms with van der Waals surface area (Å²) in [6.45, 7) is 1.28. The fraction of sp³-hybridized carbons (Fsp3) is 0.500. The van der Waals surface area contributed by atoms with Crippen LogP contribution in [0.15, 0.2) is 12.3 Å². The zero-order valence-corrected chi connectivity index (χ0v) is 11.5. The Balaban J connectivity index is 2.17. The van der Waals surface area contributed by atoms with E-state index in [0.29, 0.717) is 22.3 Å². The number of hydrogen-bond donors (Lipinski definition) is 0. The SMILES string of the molecule is COCC1CCCN1C(=O)c1cc(Cl)c(Cl)cn1. The molecule has 18 heavy (non-hydrogen) atoms. The quantitative estimate of drug-likeness (QED) is 0.859. The summed E-state index contributed by atoms with van der Waals surface area (Å²) in [5.41, 5.74) is 0.326. The molecule has 0 aromatic carbocycles. The first-order chi connectivity index (χ1) is 8.63. The van der Waals surface area contributed by atoms with E-state index in [1.807, 2.05) is 0 Å². The summed E-state index contributed by atoms with van der Waals surface area (Å²) in [7, 11) is 1.64. The third kappa shape index (κ3) is 2.76. The maximum absolute atomic E-state index is 12.3. The highest BCUT2D eigenvalue weighted by atomic mass is 35.5. The third-order valence-corrected chi connectivity index (χ3v) is 3.74. The minimum absolute atomic E-state index is 0.117. The molecular formula is C12H14Cl2N2O2. The molecule has 1 saturated heterocycles. The van der Waals surface area contributed by atoms with E-state index < -0.39 is 0 Å². The van der Waals surface area contributed by atoms with E-state index in [0.717, 1.165) is 19.4 Å². The average Bonchev–Trinajstić information content (AvgIpc) is 2.80. The molecule has 1 aromatic heterocycles. The first-order valence-electron chi connectivity index (χ1n) is 5.74. The first kappa shape index (κ1) is 13.6. The van der Waals surface area contributed by atoms with Crippen LogP contribution < -0.4 is 0 Å². The molecule has 0 radical (unpaired) electrons. The molecule has 2 rings (SSSR count). The zero-order valence-electron chi connectivity index (χ0n) is 10.0. The van der Waals surface area contributed by atoms with Crippen LogP contribution in [0.1, 0.15) is 23.3 Å². The number of aromatic nitrogens is 1. The van der Waals surface area contributed by atoms with Crippen LogP contribution in [0.25, 0.3) is 0 Å². The molecule has 0 spiro atoms. The predicted octanol–water partition coefficient (Wildman–Crippen LogP) is 2.64. The van der Waals surface area contributed by atoms with Gasteiger partial charge in [-0.1, -0.05) is 23.2 Å². The lowest BCUT2D eigenvalue weighted by molar-refractivity contribution is 0.0625. The normalized spacial score (nSPS) is 19.3. The largest absolute Gasteiger partial charge is 0.383 e. The van der Waals surface area contributed by atoms with E-state index in [4.69, 9.17) is 27.9 Å². The van der Waals surface area contributed by atoms with Crippen LogP contribution in [0.4, 0.5) is 0 Å². The highest BCUT2D eigenvalue weighted by molar-refractivity contribution is 6.42. The highest BCUT2D eigenvalue weighted by Crippen LogP contribution is 2.24. The Hall–Kier alpha value is -0.840. The lowest BCUT2D eigenvalue weighted by atomic mass is 10.2. The third-order valence-electron chi connectivity index (χ3n) is 3.02. The van der Waals surface area contributed by atoms with Crippen molar-refractivity contribution in [3.63, 3.8) is 0 Å². The summed E-state index contributed by atoms with van der Waals surface area (Å²) >= 11 is 11.7. The highest BCUT2D eigenvalue weighted by Gasteiger charge is 2.30. The molecule has 1 atom stereocenters. The number of carbonyl (C=O) groups is 1. The number of amides is 1. The van der Waals surface area contributed by atoms with Gasteiger partial charge in [0.05, 0.1) is 22.7 Å². The van der Waals surface area contributed by atoms with Crippen LogP contribution in [0, 0.1) is 0 Å². The molecule has 0 bridgehead atoms. The molecule has 98 valence electrons. The van der Waals surface area contributed by atoms with Gasteiger partial charge in [-0.25, -0.2) is 4.98 Å². The number of methoxy groups -OCH3 is 1. The van der Waals surface area contributed by atoms with Crippen molar-refractivity contribution in [3.05, 3.63) is 28.0 Å². The van der Waals surface area contributed by atoms with Crippen LogP contribution in [-0.2, 0) is 4.74 Å². The Bertz CT molecular complexity index is 454. The van der Waals surface area contributed by atoms with Crippen molar-refractivity contribution >= 4 is 29.1 Å². The molecule has 0 N–H and O–H groups in total. The van der Waals surface area contributed by atoms with Gasteiger partial charge in [-0.2, -0.15) is 0 Å². The molecule has 0 aliphatic carbocycles. The van der Waals surface area contributed by atoms with Gasteiger partial charge in [0.15, 0.2) is 0 Å². The molecule has 6 heteroatoms. The minimum atomic E-state index is -0.117. The Labute approximate surface area is 116 Å². The van der Waals surface area contributed by atoms with Crippen LogP contribution >= 0.6 is 23.2 Å². The number of nitrogens with zero attached hydrogens (tertiary/aromatic N) is 2. The van der Waals surface area contributed by atoms with Gasteiger partial charge >= 0.3 is 0 Å². The number of likely N-dealkylation sites (tertiary alicyclic amines) is 1. The predicted molar refractivity (Wildman–Crippen MR) is 70.2 cm³/mol. The van der Waals surface area contributed by atoms with E-state index in [1.54, 1.807) is 12.0 Å². The second-order valence-corrected chi connectivity index (χ2v) is 5.05. The van der Waals surface area contributed by atoms with Crippen molar-refractivity contribution < 1.29 is 9.53 Å². The second-order valence-electron chi connectivity index (χ2n) is 4.23. The molecule has 1 fully saturated rings. The molecule has 1 aromatic rings. The minimum Gasteiger partial charge on any atom is -0.383 e. The summed E-state index contributed by atoms with van der Waals surface area (Å²) in [4.78, 5) is 18.1. The van der Waals surface area contributed by atoms with Crippen LogP contribution in [0.2, 0.25) is 10.0 Å². The number of halogens is 2. The van der Waals surface area contributed by atoms with Crippen molar-refractivity contribution in [2.75, 3.05) is 20.3 Å². The Kier molecular flexibility index (Phi) is 4.43. The fourth-order valence-electron chi connectivity index (χ4n) is 2.15. The van der Waals surface area contributed by atoms with Crippen molar-refractivity contribution in [1.29, 1.82) is 0 Å². The van der Waals surface area contributed by atoms with Crippen molar-refractivity contribution in [3.8, 4) is 0 Å². The van der Waals surface area contributed by atoms with Crippen molar-refractivity contribution in [2.45, 2.75) is 18.9 Å². The summed E-state index contributed by atoms with van der Waals surface area (Å²) in [5.74, 6) is -0.117. The number of carbonyl (C=O) groups excluding carboxylic acids is 1. The van der Waals surface area contributed by atoms with E-state index in [1.165, 1.54) is 12.3 Å². The second kappa shape index (κ2) is 5.87. The van der Waals surface area contributed by atoms with Crippen LogP contribution in [0.5, 0.6) is 0 Å². The summed E-state index contributed by atoms with van der Waals surface area (Å²) < 4.78 is 5.12. The van der Waals surface area contributed by atoms with Crippen molar-refractivity contribution in [2.24, 2.45) is 0 Å². The van der Waals surface area contributed by atoms with Gasteiger partial charge in [-0.15, -0.1) is 0 Å². The van der Waals surface area contributed by atoms with Gasteiger partial charge in [0.25, 0.3) is 5.91 Å². The van der Waals surface area contributed by atoms with Crippen LogP contribution in [0.3, 0.4) is 0 Å². The van der Waals surface area contributed by atoms with Crippen LogP contribution in [-0.4, -0.2) is 42.1 Å². The number of pyridine rings is 1.